The summed E-state index contributed by atoms with van der Waals surface area (Å²) in [6.45, 7) is -0.107. The number of benzene rings is 2. The van der Waals surface area contributed by atoms with E-state index in [9.17, 15) is 18.0 Å². The fourth-order valence-corrected chi connectivity index (χ4v) is 1.91. The summed E-state index contributed by atoms with van der Waals surface area (Å²) >= 11 is 0. The Morgan fingerprint density at radius 3 is 2.28 bits per heavy atom. The molecule has 0 aliphatic rings. The van der Waals surface area contributed by atoms with Gasteiger partial charge in [-0.15, -0.1) is 0 Å². The van der Waals surface area contributed by atoms with Gasteiger partial charge < -0.3 is 14.8 Å². The molecule has 0 radical (unpaired) electrons. The first-order chi connectivity index (χ1) is 11.9. The van der Waals surface area contributed by atoms with Crippen LogP contribution < -0.4 is 10.1 Å². The largest absolute Gasteiger partial charge is 0.497 e. The smallest absolute Gasteiger partial charge is 0.431 e. The highest BCUT2D eigenvalue weighted by Gasteiger charge is 2.35. The molecule has 0 unspecified atom stereocenters. The molecule has 0 atom stereocenters. The minimum atomic E-state index is -4.73. The maximum atomic E-state index is 13.1. The molecule has 0 aliphatic carbocycles. The van der Waals surface area contributed by atoms with Crippen LogP contribution in [0.25, 0.3) is 0 Å². The lowest BCUT2D eigenvalue weighted by atomic mass is 10.2. The van der Waals surface area contributed by atoms with Crippen molar-refractivity contribution in [3.05, 3.63) is 71.9 Å². The van der Waals surface area contributed by atoms with E-state index in [0.717, 1.165) is 0 Å². The lowest BCUT2D eigenvalue weighted by Crippen LogP contribution is -2.21. The van der Waals surface area contributed by atoms with E-state index < -0.39 is 17.8 Å². The van der Waals surface area contributed by atoms with Gasteiger partial charge in [0.05, 0.1) is 13.2 Å². The third-order valence-corrected chi connectivity index (χ3v) is 3.16. The Labute approximate surface area is 142 Å². The highest BCUT2D eigenvalue weighted by Crippen LogP contribution is 2.28. The van der Waals surface area contributed by atoms with Gasteiger partial charge in [0.15, 0.2) is 0 Å². The number of carbonyl (C=O) groups is 1. The lowest BCUT2D eigenvalue weighted by molar-refractivity contribution is -0.140. The van der Waals surface area contributed by atoms with Crippen molar-refractivity contribution in [1.29, 1.82) is 0 Å². The van der Waals surface area contributed by atoms with E-state index in [1.165, 1.54) is 31.4 Å². The average Bonchev–Trinajstić information content (AvgIpc) is 2.60. The van der Waals surface area contributed by atoms with Crippen LogP contribution in [-0.4, -0.2) is 19.3 Å². The molecule has 25 heavy (non-hydrogen) atoms. The van der Waals surface area contributed by atoms with Crippen LogP contribution >= 0.6 is 0 Å². The molecule has 7 heteroatoms. The van der Waals surface area contributed by atoms with Crippen molar-refractivity contribution in [3.8, 4) is 5.75 Å². The molecular formula is C18H16F3NO3. The van der Waals surface area contributed by atoms with Gasteiger partial charge in [-0.1, -0.05) is 30.3 Å². The first-order valence-corrected chi connectivity index (χ1v) is 7.29. The molecule has 2 aromatic carbocycles. The van der Waals surface area contributed by atoms with Crippen molar-refractivity contribution in [1.82, 2.24) is 0 Å². The monoisotopic (exact) mass is 351 g/mol. The molecule has 0 saturated carbocycles. The number of anilines is 1. The van der Waals surface area contributed by atoms with Crippen LogP contribution in [0.1, 0.15) is 5.56 Å². The van der Waals surface area contributed by atoms with Crippen molar-refractivity contribution in [2.75, 3.05) is 12.4 Å². The van der Waals surface area contributed by atoms with Gasteiger partial charge in [0.1, 0.15) is 18.1 Å². The van der Waals surface area contributed by atoms with Gasteiger partial charge in [-0.25, -0.2) is 4.79 Å². The van der Waals surface area contributed by atoms with Crippen LogP contribution in [0.4, 0.5) is 18.9 Å². The van der Waals surface area contributed by atoms with Crippen LogP contribution in [0.3, 0.4) is 0 Å². The van der Waals surface area contributed by atoms with E-state index in [2.05, 4.69) is 5.32 Å². The average molecular weight is 351 g/mol. The Morgan fingerprint density at radius 2 is 1.72 bits per heavy atom. The zero-order valence-corrected chi connectivity index (χ0v) is 13.3. The zero-order chi connectivity index (χ0) is 18.3. The number of methoxy groups -OCH3 is 1. The summed E-state index contributed by atoms with van der Waals surface area (Å²) < 4.78 is 49.1. The summed E-state index contributed by atoms with van der Waals surface area (Å²) in [4.78, 5) is 11.7. The second-order valence-corrected chi connectivity index (χ2v) is 5.00. The summed E-state index contributed by atoms with van der Waals surface area (Å²) in [6.07, 6.45) is -4.33. The number of nitrogens with one attached hydrogen (secondary N) is 1. The highest BCUT2D eigenvalue weighted by molar-refractivity contribution is 5.83. The Hall–Kier alpha value is -2.96. The van der Waals surface area contributed by atoms with Crippen LogP contribution in [0.5, 0.6) is 5.75 Å². The second kappa shape index (κ2) is 8.23. The van der Waals surface area contributed by atoms with Crippen molar-refractivity contribution in [2.45, 2.75) is 12.8 Å². The molecule has 4 nitrogen and oxygen atoms in total. The van der Waals surface area contributed by atoms with Gasteiger partial charge in [0, 0.05) is 5.69 Å². The number of rotatable bonds is 6. The van der Waals surface area contributed by atoms with E-state index >= 15 is 0 Å². The van der Waals surface area contributed by atoms with Gasteiger partial charge in [-0.05, 0) is 29.8 Å². The Kier molecular flexibility index (Phi) is 6.05. The molecule has 132 valence electrons. The molecule has 0 aliphatic heterocycles. The number of halogens is 3. The summed E-state index contributed by atoms with van der Waals surface area (Å²) in [7, 11) is 1.45. The molecule has 1 N–H and O–H groups in total. The topological polar surface area (TPSA) is 47.6 Å². The Bertz CT molecular complexity index is 725. The third kappa shape index (κ3) is 5.87. The molecule has 0 fully saturated rings. The molecule has 0 amide bonds. The summed E-state index contributed by atoms with van der Waals surface area (Å²) in [5.41, 5.74) is -0.364. The third-order valence-electron chi connectivity index (χ3n) is 3.16. The van der Waals surface area contributed by atoms with E-state index in [0.29, 0.717) is 17.4 Å². The van der Waals surface area contributed by atoms with Gasteiger partial charge >= 0.3 is 12.1 Å². The first-order valence-electron chi connectivity index (χ1n) is 7.29. The van der Waals surface area contributed by atoms with Crippen molar-refractivity contribution < 1.29 is 27.4 Å². The second-order valence-electron chi connectivity index (χ2n) is 5.00. The number of hydrogen-bond acceptors (Lipinski definition) is 4. The SMILES string of the molecule is COc1ccc(N/C(=C\C(=O)OCc2ccccc2)C(F)(F)F)cc1. The van der Waals surface area contributed by atoms with Gasteiger partial charge in [0.25, 0.3) is 0 Å². The standard InChI is InChI=1S/C18H16F3NO3/c1-24-15-9-7-14(8-10-15)22-16(18(19,20)21)11-17(23)25-12-13-5-3-2-4-6-13/h2-11,22H,12H2,1H3/b16-11-. The molecule has 2 rings (SSSR count). The molecule has 2 aromatic rings. The molecule has 0 saturated heterocycles. The lowest BCUT2D eigenvalue weighted by Gasteiger charge is -2.14. The van der Waals surface area contributed by atoms with Crippen LogP contribution in [-0.2, 0) is 16.1 Å². The van der Waals surface area contributed by atoms with Crippen LogP contribution in [0.15, 0.2) is 66.4 Å². The first kappa shape index (κ1) is 18.4. The van der Waals surface area contributed by atoms with Crippen LogP contribution in [0.2, 0.25) is 0 Å². The molecule has 0 spiro atoms. The number of carbonyl (C=O) groups excluding carboxylic acids is 1. The Morgan fingerprint density at radius 1 is 1.08 bits per heavy atom. The number of alkyl halides is 3. The normalized spacial score (nSPS) is 11.8. The molecule has 0 aromatic heterocycles. The molecular weight excluding hydrogens is 335 g/mol. The predicted molar refractivity (Wildman–Crippen MR) is 87.0 cm³/mol. The number of allylic oxidation sites excluding steroid dienone is 1. The quantitative estimate of drug-likeness (QED) is 0.623. The minimum Gasteiger partial charge on any atom is -0.497 e. The fourth-order valence-electron chi connectivity index (χ4n) is 1.91. The highest BCUT2D eigenvalue weighted by atomic mass is 19.4. The van der Waals surface area contributed by atoms with Gasteiger partial charge in [-0.2, -0.15) is 13.2 Å². The summed E-state index contributed by atoms with van der Waals surface area (Å²) in [5.74, 6) is -0.581. The fraction of sp³-hybridized carbons (Fsp3) is 0.167. The zero-order valence-electron chi connectivity index (χ0n) is 13.3. The number of hydrogen-bond donors (Lipinski definition) is 1. The maximum absolute atomic E-state index is 13.1. The van der Waals surface area contributed by atoms with E-state index in [-0.39, 0.29) is 12.3 Å². The van der Waals surface area contributed by atoms with Gasteiger partial charge in [-0.3, -0.25) is 0 Å². The number of ether oxygens (including phenoxy) is 2. The van der Waals surface area contributed by atoms with Gasteiger partial charge in [0.2, 0.25) is 0 Å². The van der Waals surface area contributed by atoms with Crippen molar-refractivity contribution in [3.63, 3.8) is 0 Å². The predicted octanol–water partition coefficient (Wildman–Crippen LogP) is 4.30. The number of esters is 1. The van der Waals surface area contributed by atoms with E-state index in [4.69, 9.17) is 9.47 Å². The summed E-state index contributed by atoms with van der Waals surface area (Å²) in [5, 5.41) is 2.18. The van der Waals surface area contributed by atoms with Crippen molar-refractivity contribution in [2.24, 2.45) is 0 Å². The summed E-state index contributed by atoms with van der Waals surface area (Å²) in [6, 6.07) is 14.5. The maximum Gasteiger partial charge on any atom is 0.431 e. The van der Waals surface area contributed by atoms with E-state index in [1.807, 2.05) is 0 Å². The van der Waals surface area contributed by atoms with Crippen molar-refractivity contribution >= 4 is 11.7 Å². The molecule has 0 bridgehead atoms. The van der Waals surface area contributed by atoms with Crippen LogP contribution in [0, 0.1) is 0 Å². The minimum absolute atomic E-state index is 0.107. The molecule has 0 heterocycles. The Balaban J connectivity index is 2.07. The van der Waals surface area contributed by atoms with E-state index in [1.54, 1.807) is 30.3 Å².